The highest BCUT2D eigenvalue weighted by Gasteiger charge is 2.51. The lowest BCUT2D eigenvalue weighted by molar-refractivity contribution is -0.144. The molecule has 5 nitrogen and oxygen atoms in total. The van der Waals surface area contributed by atoms with Crippen molar-refractivity contribution >= 4 is 16.1 Å². The number of hydrogen-bond acceptors (Lipinski definition) is 4. The maximum absolute atomic E-state index is 10.5. The fourth-order valence-electron chi connectivity index (χ4n) is 0.791. The molecule has 12 heavy (non-hydrogen) atoms. The van der Waals surface area contributed by atoms with Crippen molar-refractivity contribution in [3.8, 4) is 0 Å². The largest absolute Gasteiger partial charge is 0.481 e. The zero-order chi connectivity index (χ0) is 9.41. The van der Waals surface area contributed by atoms with E-state index in [4.69, 9.17) is 5.11 Å². The van der Waals surface area contributed by atoms with Gasteiger partial charge in [-0.3, -0.25) is 8.98 Å². The van der Waals surface area contributed by atoms with Crippen molar-refractivity contribution in [2.45, 2.75) is 12.8 Å². The van der Waals surface area contributed by atoms with Crippen LogP contribution in [0.5, 0.6) is 0 Å². The molecule has 1 saturated carbocycles. The summed E-state index contributed by atoms with van der Waals surface area (Å²) in [6.07, 6.45) is 1.90. The molecule has 70 valence electrons. The molecule has 0 radical (unpaired) electrons. The number of carboxylic acid groups (broad SMARTS) is 1. The molecule has 0 unspecified atom stereocenters. The SMILES string of the molecule is CS(=O)(=O)OCC1(C(=O)O)CC1. The van der Waals surface area contributed by atoms with Gasteiger partial charge in [0.15, 0.2) is 0 Å². The van der Waals surface area contributed by atoms with Crippen LogP contribution in [0.25, 0.3) is 0 Å². The first-order chi connectivity index (χ1) is 5.36. The van der Waals surface area contributed by atoms with Gasteiger partial charge in [0.05, 0.1) is 18.3 Å². The number of rotatable bonds is 4. The van der Waals surface area contributed by atoms with Gasteiger partial charge in [-0.2, -0.15) is 8.42 Å². The Kier molecular flexibility index (Phi) is 2.13. The van der Waals surface area contributed by atoms with Crippen molar-refractivity contribution < 1.29 is 22.5 Å². The van der Waals surface area contributed by atoms with Crippen molar-refractivity contribution in [3.63, 3.8) is 0 Å². The summed E-state index contributed by atoms with van der Waals surface area (Å²) in [5.74, 6) is -0.980. The van der Waals surface area contributed by atoms with Crippen LogP contribution >= 0.6 is 0 Å². The molecule has 1 fully saturated rings. The van der Waals surface area contributed by atoms with Gasteiger partial charge in [-0.25, -0.2) is 0 Å². The van der Waals surface area contributed by atoms with Crippen LogP contribution in [0.2, 0.25) is 0 Å². The van der Waals surface area contributed by atoms with Crippen LogP contribution in [0.3, 0.4) is 0 Å². The van der Waals surface area contributed by atoms with Crippen LogP contribution in [-0.4, -0.2) is 32.4 Å². The van der Waals surface area contributed by atoms with Crippen molar-refractivity contribution in [1.29, 1.82) is 0 Å². The van der Waals surface area contributed by atoms with E-state index < -0.39 is 21.5 Å². The molecule has 0 aromatic carbocycles. The summed E-state index contributed by atoms with van der Waals surface area (Å²) < 4.78 is 25.4. The lowest BCUT2D eigenvalue weighted by Crippen LogP contribution is -2.22. The van der Waals surface area contributed by atoms with Gasteiger partial charge in [-0.1, -0.05) is 0 Å². The molecule has 1 aliphatic rings. The average molecular weight is 194 g/mol. The predicted octanol–water partition coefficient (Wildman–Crippen LogP) is -0.173. The van der Waals surface area contributed by atoms with Gasteiger partial charge in [-0.15, -0.1) is 0 Å². The van der Waals surface area contributed by atoms with Crippen LogP contribution < -0.4 is 0 Å². The summed E-state index contributed by atoms with van der Waals surface area (Å²) >= 11 is 0. The van der Waals surface area contributed by atoms with E-state index in [9.17, 15) is 13.2 Å². The van der Waals surface area contributed by atoms with Crippen molar-refractivity contribution in [2.75, 3.05) is 12.9 Å². The maximum atomic E-state index is 10.5. The Labute approximate surface area is 70.5 Å². The molecule has 6 heteroatoms. The fraction of sp³-hybridized carbons (Fsp3) is 0.833. The fourth-order valence-corrected chi connectivity index (χ4v) is 1.23. The van der Waals surface area contributed by atoms with Crippen LogP contribution in [0.1, 0.15) is 12.8 Å². The van der Waals surface area contributed by atoms with Crippen LogP contribution in [-0.2, 0) is 19.1 Å². The molecule has 1 aliphatic carbocycles. The Balaban J connectivity index is 2.48. The molecule has 0 saturated heterocycles. The van der Waals surface area contributed by atoms with Crippen LogP contribution in [0.4, 0.5) is 0 Å². The first kappa shape index (κ1) is 9.47. The van der Waals surface area contributed by atoms with E-state index in [0.29, 0.717) is 12.8 Å². The zero-order valence-corrected chi connectivity index (χ0v) is 7.43. The highest BCUT2D eigenvalue weighted by molar-refractivity contribution is 7.85. The molecule has 0 heterocycles. The predicted molar refractivity (Wildman–Crippen MR) is 40.1 cm³/mol. The summed E-state index contributed by atoms with van der Waals surface area (Å²) in [4.78, 5) is 10.5. The van der Waals surface area contributed by atoms with E-state index in [0.717, 1.165) is 6.26 Å². The molecule has 0 amide bonds. The van der Waals surface area contributed by atoms with Gasteiger partial charge in [0, 0.05) is 0 Å². The molecular weight excluding hydrogens is 184 g/mol. The minimum Gasteiger partial charge on any atom is -0.481 e. The molecule has 0 spiro atoms. The van der Waals surface area contributed by atoms with Crippen LogP contribution in [0.15, 0.2) is 0 Å². The third kappa shape index (κ3) is 2.18. The van der Waals surface area contributed by atoms with Crippen LogP contribution in [0, 0.1) is 5.41 Å². The lowest BCUT2D eigenvalue weighted by Gasteiger charge is -2.07. The summed E-state index contributed by atoms with van der Waals surface area (Å²) in [5, 5.41) is 8.63. The molecule has 1 N–H and O–H groups in total. The molecular formula is C6H10O5S. The lowest BCUT2D eigenvalue weighted by atomic mass is 10.1. The number of aliphatic carboxylic acids is 1. The molecule has 0 atom stereocenters. The third-order valence-electron chi connectivity index (χ3n) is 1.86. The topological polar surface area (TPSA) is 80.7 Å². The first-order valence-electron chi connectivity index (χ1n) is 3.44. The second-order valence-corrected chi connectivity index (χ2v) is 4.70. The second-order valence-electron chi connectivity index (χ2n) is 3.05. The third-order valence-corrected chi connectivity index (χ3v) is 2.40. The van der Waals surface area contributed by atoms with Gasteiger partial charge in [-0.05, 0) is 12.8 Å². The van der Waals surface area contributed by atoms with Gasteiger partial charge < -0.3 is 5.11 Å². The Morgan fingerprint density at radius 2 is 2.08 bits per heavy atom. The van der Waals surface area contributed by atoms with E-state index in [2.05, 4.69) is 4.18 Å². The van der Waals surface area contributed by atoms with Gasteiger partial charge in [0.1, 0.15) is 0 Å². The quantitative estimate of drug-likeness (QED) is 0.628. The van der Waals surface area contributed by atoms with E-state index in [-0.39, 0.29) is 6.61 Å². The Morgan fingerprint density at radius 3 is 2.33 bits per heavy atom. The Bertz CT molecular complexity index is 287. The zero-order valence-electron chi connectivity index (χ0n) is 6.61. The summed E-state index contributed by atoms with van der Waals surface area (Å²) in [6, 6.07) is 0. The highest BCUT2D eigenvalue weighted by atomic mass is 32.2. The van der Waals surface area contributed by atoms with Crippen molar-refractivity contribution in [3.05, 3.63) is 0 Å². The van der Waals surface area contributed by atoms with E-state index in [1.165, 1.54) is 0 Å². The summed E-state index contributed by atoms with van der Waals surface area (Å²) in [7, 11) is -3.51. The smallest absolute Gasteiger partial charge is 0.312 e. The molecule has 0 aliphatic heterocycles. The number of hydrogen-bond donors (Lipinski definition) is 1. The van der Waals surface area contributed by atoms with E-state index in [1.54, 1.807) is 0 Å². The van der Waals surface area contributed by atoms with Gasteiger partial charge in [0.2, 0.25) is 0 Å². The summed E-state index contributed by atoms with van der Waals surface area (Å²) in [5.41, 5.74) is -0.928. The van der Waals surface area contributed by atoms with Gasteiger partial charge >= 0.3 is 5.97 Å². The molecule has 1 rings (SSSR count). The Morgan fingerprint density at radius 1 is 1.58 bits per heavy atom. The second kappa shape index (κ2) is 2.70. The minimum atomic E-state index is -3.51. The normalized spacial score (nSPS) is 20.4. The van der Waals surface area contributed by atoms with Crippen molar-refractivity contribution in [2.24, 2.45) is 5.41 Å². The molecule has 0 aromatic rings. The van der Waals surface area contributed by atoms with E-state index in [1.807, 2.05) is 0 Å². The number of carbonyl (C=O) groups is 1. The maximum Gasteiger partial charge on any atom is 0.312 e. The highest BCUT2D eigenvalue weighted by Crippen LogP contribution is 2.46. The average Bonchev–Trinajstić information content (AvgIpc) is 2.61. The molecule has 0 bridgehead atoms. The van der Waals surface area contributed by atoms with Gasteiger partial charge in [0.25, 0.3) is 10.1 Å². The Hall–Kier alpha value is -0.620. The van der Waals surface area contributed by atoms with E-state index >= 15 is 0 Å². The number of carboxylic acids is 1. The van der Waals surface area contributed by atoms with Crippen molar-refractivity contribution in [1.82, 2.24) is 0 Å². The monoisotopic (exact) mass is 194 g/mol. The molecule has 0 aromatic heterocycles. The summed E-state index contributed by atoms with van der Waals surface area (Å²) in [6.45, 7) is -0.235. The standard InChI is InChI=1S/C6H10O5S/c1-12(9,10)11-4-6(2-3-6)5(7)8/h2-4H2,1H3,(H,7,8). The first-order valence-corrected chi connectivity index (χ1v) is 5.25. The minimum absolute atomic E-state index is 0.235.